The van der Waals surface area contributed by atoms with Gasteiger partial charge in [-0.05, 0) is 42.0 Å². The summed E-state index contributed by atoms with van der Waals surface area (Å²) in [5.41, 5.74) is 5.22. The first-order valence-electron chi connectivity index (χ1n) is 13.6. The van der Waals surface area contributed by atoms with Crippen LogP contribution in [0, 0.1) is 5.41 Å². The van der Waals surface area contributed by atoms with Crippen molar-refractivity contribution in [3.63, 3.8) is 0 Å². The molecule has 1 aliphatic carbocycles. The maximum absolute atomic E-state index is 14.0. The number of rotatable bonds is 5. The van der Waals surface area contributed by atoms with Gasteiger partial charge >= 0.3 is 5.97 Å². The molecule has 0 bridgehead atoms. The van der Waals surface area contributed by atoms with Gasteiger partial charge in [0.05, 0.1) is 19.8 Å². The second kappa shape index (κ2) is 8.69. The van der Waals surface area contributed by atoms with Gasteiger partial charge in [0.1, 0.15) is 5.75 Å². The van der Waals surface area contributed by atoms with E-state index in [2.05, 4.69) is 49.2 Å². The van der Waals surface area contributed by atoms with Gasteiger partial charge in [0.25, 0.3) is 5.91 Å². The highest BCUT2D eigenvalue weighted by Crippen LogP contribution is 2.67. The lowest BCUT2D eigenvalue weighted by Crippen LogP contribution is -2.82. The molecule has 2 fully saturated rings. The molecule has 5 rings (SSSR count). The number of hydrogen-bond acceptors (Lipinski definition) is 8. The van der Waals surface area contributed by atoms with Crippen LogP contribution in [0.1, 0.15) is 58.6 Å². The molecule has 1 saturated heterocycles. The quantitative estimate of drug-likeness (QED) is 0.302. The van der Waals surface area contributed by atoms with Crippen molar-refractivity contribution >= 4 is 17.6 Å². The van der Waals surface area contributed by atoms with Gasteiger partial charge in [-0.3, -0.25) is 14.5 Å². The lowest BCUT2D eigenvalue weighted by atomic mass is 9.47. The summed E-state index contributed by atoms with van der Waals surface area (Å²) < 4.78 is 11.9. The predicted molar refractivity (Wildman–Crippen MR) is 145 cm³/mol. The molecule has 6 atom stereocenters. The third-order valence-corrected chi connectivity index (χ3v) is 9.65. The molecule has 1 aromatic rings. The summed E-state index contributed by atoms with van der Waals surface area (Å²) in [5.74, 6) is -0.389. The van der Waals surface area contributed by atoms with E-state index in [0.29, 0.717) is 6.42 Å². The molecule has 4 N–H and O–H groups in total. The highest BCUT2D eigenvalue weighted by molar-refractivity contribution is 5.91. The minimum absolute atomic E-state index is 0.0878. The normalized spacial score (nSPS) is 35.4. The second-order valence-electron chi connectivity index (χ2n) is 12.4. The molecule has 0 aromatic heterocycles. The van der Waals surface area contributed by atoms with Crippen LogP contribution in [-0.4, -0.2) is 79.6 Å². The van der Waals surface area contributed by atoms with E-state index in [1.807, 2.05) is 24.9 Å². The minimum atomic E-state index is -2.07. The average Bonchev–Trinajstić information content (AvgIpc) is 3.37. The van der Waals surface area contributed by atoms with Gasteiger partial charge < -0.3 is 30.5 Å². The standard InChI is InChI=1S/C29H42N4O5/c1-8-27-10-9-12-33-13-11-28(22(27)33)18-14-19(26(3,4)5)21(37-7)15-20(18)32(6)23(28)29(36,25(35)31-16-30)24(27)38-17(2)34/h9-10,14-15,22-24,36H,8,11-13,16,30H2,1-7H3,(H,31,35)/t22?,23?,24-,27-,28?,29+/m1/s1. The van der Waals surface area contributed by atoms with Crippen LogP contribution in [0.5, 0.6) is 5.75 Å². The summed E-state index contributed by atoms with van der Waals surface area (Å²) >= 11 is 0. The number of esters is 1. The molecule has 0 radical (unpaired) electrons. The molecule has 208 valence electrons. The van der Waals surface area contributed by atoms with Gasteiger partial charge in [0.15, 0.2) is 6.10 Å². The Kier molecular flexibility index (Phi) is 6.17. The molecule has 3 aliphatic heterocycles. The Morgan fingerprint density at radius 1 is 1.26 bits per heavy atom. The van der Waals surface area contributed by atoms with Crippen LogP contribution < -0.4 is 20.7 Å². The summed E-state index contributed by atoms with van der Waals surface area (Å²) in [7, 11) is 3.59. The molecule has 3 unspecified atom stereocenters. The van der Waals surface area contributed by atoms with Crippen molar-refractivity contribution in [3.8, 4) is 5.75 Å². The number of nitrogens with zero attached hydrogens (tertiary/aromatic N) is 2. The number of nitrogens with one attached hydrogen (secondary N) is 1. The van der Waals surface area contributed by atoms with Gasteiger partial charge in [0, 0.05) is 49.1 Å². The summed E-state index contributed by atoms with van der Waals surface area (Å²) in [5, 5.41) is 15.5. The van der Waals surface area contributed by atoms with Gasteiger partial charge in [-0.2, -0.15) is 0 Å². The third-order valence-electron chi connectivity index (χ3n) is 9.65. The van der Waals surface area contributed by atoms with E-state index >= 15 is 0 Å². The van der Waals surface area contributed by atoms with E-state index < -0.39 is 40.5 Å². The van der Waals surface area contributed by atoms with Gasteiger partial charge in [0.2, 0.25) is 5.60 Å². The van der Waals surface area contributed by atoms with Crippen LogP contribution in [0.25, 0.3) is 0 Å². The van der Waals surface area contributed by atoms with Crippen molar-refractivity contribution < 1.29 is 24.2 Å². The number of amides is 1. The average molecular weight is 527 g/mol. The fraction of sp³-hybridized carbons (Fsp3) is 0.655. The van der Waals surface area contributed by atoms with Crippen molar-refractivity contribution in [2.75, 3.05) is 38.8 Å². The van der Waals surface area contributed by atoms with E-state index in [1.54, 1.807) is 7.11 Å². The first-order chi connectivity index (χ1) is 17.8. The number of nitrogens with two attached hydrogens (primary N) is 1. The fourth-order valence-corrected chi connectivity index (χ4v) is 8.44. The highest BCUT2D eigenvalue weighted by Gasteiger charge is 2.79. The van der Waals surface area contributed by atoms with Crippen LogP contribution in [0.15, 0.2) is 24.3 Å². The molecule has 4 aliphatic rings. The van der Waals surface area contributed by atoms with E-state index in [1.165, 1.54) is 6.92 Å². The van der Waals surface area contributed by atoms with Crippen molar-refractivity contribution in [1.82, 2.24) is 10.2 Å². The van der Waals surface area contributed by atoms with Crippen molar-refractivity contribution in [2.45, 2.75) is 82.1 Å². The Hall–Kier alpha value is -2.62. The maximum Gasteiger partial charge on any atom is 0.303 e. The molecule has 3 heterocycles. The predicted octanol–water partition coefficient (Wildman–Crippen LogP) is 1.80. The van der Waals surface area contributed by atoms with Crippen LogP contribution in [-0.2, 0) is 25.2 Å². The van der Waals surface area contributed by atoms with Crippen LogP contribution in [0.3, 0.4) is 0 Å². The third kappa shape index (κ3) is 3.21. The van der Waals surface area contributed by atoms with Gasteiger partial charge in [-0.15, -0.1) is 0 Å². The Bertz CT molecular complexity index is 1190. The largest absolute Gasteiger partial charge is 0.496 e. The van der Waals surface area contributed by atoms with Gasteiger partial charge in [-0.1, -0.05) is 39.8 Å². The number of likely N-dealkylation sites (N-methyl/N-ethyl adjacent to an activating group) is 1. The molecular weight excluding hydrogens is 484 g/mol. The lowest BCUT2D eigenvalue weighted by molar-refractivity contribution is -0.217. The van der Waals surface area contributed by atoms with Crippen LogP contribution in [0.4, 0.5) is 5.69 Å². The van der Waals surface area contributed by atoms with Crippen molar-refractivity contribution in [2.24, 2.45) is 11.1 Å². The number of benzene rings is 1. The monoisotopic (exact) mass is 526 g/mol. The molecule has 1 amide bonds. The van der Waals surface area contributed by atoms with Crippen molar-refractivity contribution in [3.05, 3.63) is 35.4 Å². The number of carbonyl (C=O) groups excluding carboxylic acids is 2. The van der Waals surface area contributed by atoms with E-state index in [-0.39, 0.29) is 18.1 Å². The summed E-state index contributed by atoms with van der Waals surface area (Å²) in [4.78, 5) is 31.0. The van der Waals surface area contributed by atoms with Crippen LogP contribution >= 0.6 is 0 Å². The summed E-state index contributed by atoms with van der Waals surface area (Å²) in [6.07, 6.45) is 4.41. The molecule has 1 spiro atoms. The van der Waals surface area contributed by atoms with E-state index in [0.717, 1.165) is 42.1 Å². The Labute approximate surface area is 225 Å². The number of hydrogen-bond donors (Lipinski definition) is 3. The molecule has 9 nitrogen and oxygen atoms in total. The number of methoxy groups -OCH3 is 1. The van der Waals surface area contributed by atoms with E-state index in [4.69, 9.17) is 15.2 Å². The number of anilines is 1. The Morgan fingerprint density at radius 3 is 2.55 bits per heavy atom. The SMILES string of the molecule is CC[C@]12C=CCN3CCC4(c5cc(C(C)(C)C)c(OC)cc5N(C)C4[C@@](O)(C(=O)NCN)[C@@H]1OC(C)=O)C32. The number of fused-ring (bicyclic) bond motifs is 1. The number of ether oxygens (including phenoxy) is 2. The number of carbonyl (C=O) groups is 2. The fourth-order valence-electron chi connectivity index (χ4n) is 8.44. The second-order valence-corrected chi connectivity index (χ2v) is 12.4. The first-order valence-corrected chi connectivity index (χ1v) is 13.6. The van der Waals surface area contributed by atoms with E-state index in [9.17, 15) is 14.7 Å². The molecular formula is C29H42N4O5. The summed E-state index contributed by atoms with van der Waals surface area (Å²) in [6, 6.07) is 3.50. The van der Waals surface area contributed by atoms with Crippen molar-refractivity contribution in [1.29, 1.82) is 0 Å². The zero-order chi connectivity index (χ0) is 27.8. The molecule has 38 heavy (non-hydrogen) atoms. The zero-order valence-electron chi connectivity index (χ0n) is 23.6. The van der Waals surface area contributed by atoms with Crippen LogP contribution in [0.2, 0.25) is 0 Å². The molecule has 9 heteroatoms. The lowest BCUT2D eigenvalue weighted by Gasteiger charge is -2.63. The smallest absolute Gasteiger partial charge is 0.303 e. The molecule has 1 aromatic carbocycles. The minimum Gasteiger partial charge on any atom is -0.496 e. The van der Waals surface area contributed by atoms with Gasteiger partial charge in [-0.25, -0.2) is 0 Å². The Morgan fingerprint density at radius 2 is 1.97 bits per heavy atom. The maximum atomic E-state index is 14.0. The first kappa shape index (κ1) is 27.0. The highest BCUT2D eigenvalue weighted by atomic mass is 16.6. The summed E-state index contributed by atoms with van der Waals surface area (Å²) in [6.45, 7) is 11.3. The Balaban J connectivity index is 1.88. The molecule has 1 saturated carbocycles. The number of aliphatic hydroxyl groups is 1. The topological polar surface area (TPSA) is 117 Å². The zero-order valence-corrected chi connectivity index (χ0v) is 23.6.